The molecule has 2 heteroatoms. The summed E-state index contributed by atoms with van der Waals surface area (Å²) in [5, 5.41) is 0. The van der Waals surface area contributed by atoms with Crippen LogP contribution in [0.3, 0.4) is 0 Å². The summed E-state index contributed by atoms with van der Waals surface area (Å²) in [6.07, 6.45) is 6.83. The molecule has 0 atom stereocenters. The van der Waals surface area contributed by atoms with Crippen molar-refractivity contribution in [2.24, 2.45) is 0 Å². The van der Waals surface area contributed by atoms with Crippen molar-refractivity contribution in [3.05, 3.63) is 71.6 Å². The van der Waals surface area contributed by atoms with E-state index >= 15 is 0 Å². The molecule has 0 aliphatic carbocycles. The predicted octanol–water partition coefficient (Wildman–Crippen LogP) is 4.28. The first-order valence-corrected chi connectivity index (χ1v) is 6.70. The number of benzene rings is 1. The van der Waals surface area contributed by atoms with Gasteiger partial charge in [0.05, 0.1) is 0 Å². The smallest absolute Gasteiger partial charge is 0.185 e. The van der Waals surface area contributed by atoms with Crippen molar-refractivity contribution in [2.75, 3.05) is 0 Å². The summed E-state index contributed by atoms with van der Waals surface area (Å²) in [7, 11) is 0. The van der Waals surface area contributed by atoms with Crippen LogP contribution < -0.4 is 0 Å². The third kappa shape index (κ3) is 3.64. The second-order valence-corrected chi connectivity index (χ2v) is 5.81. The van der Waals surface area contributed by atoms with Crippen LogP contribution in [0.2, 0.25) is 0 Å². The Morgan fingerprint density at radius 3 is 2.15 bits per heavy atom. The number of pyridine rings is 1. The zero-order chi connectivity index (χ0) is 14.6. The SMILES string of the molecule is CC(C)(C)c1ccc(C(=O)C=Cc2ccncc2)cc1. The van der Waals surface area contributed by atoms with E-state index in [-0.39, 0.29) is 11.2 Å². The molecule has 2 rings (SSSR count). The minimum absolute atomic E-state index is 0.0160. The molecular weight excluding hydrogens is 246 g/mol. The molecule has 0 radical (unpaired) electrons. The lowest BCUT2D eigenvalue weighted by Crippen LogP contribution is -2.11. The molecule has 0 amide bonds. The average molecular weight is 265 g/mol. The molecule has 2 nitrogen and oxygen atoms in total. The van der Waals surface area contributed by atoms with Gasteiger partial charge in [-0.15, -0.1) is 0 Å². The number of aromatic nitrogens is 1. The van der Waals surface area contributed by atoms with Gasteiger partial charge in [0, 0.05) is 18.0 Å². The van der Waals surface area contributed by atoms with Crippen LogP contribution in [0.25, 0.3) is 6.08 Å². The first kappa shape index (κ1) is 14.2. The molecule has 1 aromatic carbocycles. The second-order valence-electron chi connectivity index (χ2n) is 5.81. The van der Waals surface area contributed by atoms with Gasteiger partial charge in [-0.1, -0.05) is 51.1 Å². The lowest BCUT2D eigenvalue weighted by molar-refractivity contribution is 0.104. The number of hydrogen-bond donors (Lipinski definition) is 0. The van der Waals surface area contributed by atoms with Gasteiger partial charge in [0.15, 0.2) is 5.78 Å². The minimum atomic E-state index is 0.0160. The molecule has 1 aromatic heterocycles. The summed E-state index contributed by atoms with van der Waals surface area (Å²) < 4.78 is 0. The molecule has 2 aromatic rings. The minimum Gasteiger partial charge on any atom is -0.289 e. The first-order valence-electron chi connectivity index (χ1n) is 6.70. The molecule has 0 saturated carbocycles. The highest BCUT2D eigenvalue weighted by atomic mass is 16.1. The van der Waals surface area contributed by atoms with E-state index in [2.05, 4.69) is 25.8 Å². The summed E-state index contributed by atoms with van der Waals surface area (Å²) >= 11 is 0. The fraction of sp³-hybridized carbons (Fsp3) is 0.222. The Hall–Kier alpha value is -2.22. The van der Waals surface area contributed by atoms with E-state index in [0.717, 1.165) is 5.56 Å². The van der Waals surface area contributed by atoms with Crippen LogP contribution in [-0.4, -0.2) is 10.8 Å². The van der Waals surface area contributed by atoms with Crippen molar-refractivity contribution >= 4 is 11.9 Å². The molecule has 0 aliphatic heterocycles. The van der Waals surface area contributed by atoms with E-state index in [4.69, 9.17) is 0 Å². The third-order valence-corrected chi connectivity index (χ3v) is 3.17. The van der Waals surface area contributed by atoms with Crippen molar-refractivity contribution in [1.29, 1.82) is 0 Å². The Balaban J connectivity index is 2.12. The van der Waals surface area contributed by atoms with Crippen LogP contribution in [0.1, 0.15) is 42.3 Å². The zero-order valence-electron chi connectivity index (χ0n) is 12.1. The Bertz CT molecular complexity index is 604. The number of allylic oxidation sites excluding steroid dienone is 1. The number of hydrogen-bond acceptors (Lipinski definition) is 2. The zero-order valence-corrected chi connectivity index (χ0v) is 12.1. The molecular formula is C18H19NO. The highest BCUT2D eigenvalue weighted by Crippen LogP contribution is 2.22. The molecule has 0 fully saturated rings. The predicted molar refractivity (Wildman–Crippen MR) is 82.7 cm³/mol. The standard InChI is InChI=1S/C18H19NO/c1-18(2,3)16-7-5-15(6-8-16)17(20)9-4-14-10-12-19-13-11-14/h4-13H,1-3H3. The van der Waals surface area contributed by atoms with Gasteiger partial charge in [-0.25, -0.2) is 0 Å². The molecule has 0 bridgehead atoms. The van der Waals surface area contributed by atoms with Crippen molar-refractivity contribution in [1.82, 2.24) is 4.98 Å². The molecule has 0 spiro atoms. The monoisotopic (exact) mass is 265 g/mol. The van der Waals surface area contributed by atoms with Crippen LogP contribution in [0.15, 0.2) is 54.9 Å². The molecule has 0 N–H and O–H groups in total. The van der Waals surface area contributed by atoms with Gasteiger partial charge in [-0.05, 0) is 34.8 Å². The summed E-state index contributed by atoms with van der Waals surface area (Å²) in [6, 6.07) is 11.6. The van der Waals surface area contributed by atoms with Crippen LogP contribution in [0, 0.1) is 0 Å². The largest absolute Gasteiger partial charge is 0.289 e. The highest BCUT2D eigenvalue weighted by Gasteiger charge is 2.13. The molecule has 0 unspecified atom stereocenters. The van der Waals surface area contributed by atoms with Crippen molar-refractivity contribution in [3.63, 3.8) is 0 Å². The van der Waals surface area contributed by atoms with Gasteiger partial charge in [0.1, 0.15) is 0 Å². The normalized spacial score (nSPS) is 11.8. The van der Waals surface area contributed by atoms with E-state index < -0.39 is 0 Å². The van der Waals surface area contributed by atoms with Crippen LogP contribution >= 0.6 is 0 Å². The van der Waals surface area contributed by atoms with Gasteiger partial charge in [0.2, 0.25) is 0 Å². The average Bonchev–Trinajstić information content (AvgIpc) is 2.45. The van der Waals surface area contributed by atoms with Crippen molar-refractivity contribution < 1.29 is 4.79 Å². The van der Waals surface area contributed by atoms with Gasteiger partial charge in [0.25, 0.3) is 0 Å². The van der Waals surface area contributed by atoms with Gasteiger partial charge in [-0.2, -0.15) is 0 Å². The quantitative estimate of drug-likeness (QED) is 0.612. The lowest BCUT2D eigenvalue weighted by Gasteiger charge is -2.18. The van der Waals surface area contributed by atoms with E-state index in [1.54, 1.807) is 18.5 Å². The fourth-order valence-corrected chi connectivity index (χ4v) is 1.88. The third-order valence-electron chi connectivity index (χ3n) is 3.17. The van der Waals surface area contributed by atoms with Crippen molar-refractivity contribution in [3.8, 4) is 0 Å². The van der Waals surface area contributed by atoms with Crippen LogP contribution in [-0.2, 0) is 5.41 Å². The summed E-state index contributed by atoms with van der Waals surface area (Å²) in [5.41, 5.74) is 3.02. The molecule has 102 valence electrons. The number of carbonyl (C=O) groups is 1. The van der Waals surface area contributed by atoms with Crippen LogP contribution in [0.4, 0.5) is 0 Å². The van der Waals surface area contributed by atoms with E-state index in [1.807, 2.05) is 42.5 Å². The Kier molecular flexibility index (Phi) is 4.14. The number of rotatable bonds is 3. The Morgan fingerprint density at radius 2 is 1.60 bits per heavy atom. The van der Waals surface area contributed by atoms with Crippen LogP contribution in [0.5, 0.6) is 0 Å². The van der Waals surface area contributed by atoms with E-state index in [9.17, 15) is 4.79 Å². The molecule has 0 aliphatic rings. The van der Waals surface area contributed by atoms with E-state index in [0.29, 0.717) is 5.56 Å². The topological polar surface area (TPSA) is 30.0 Å². The first-order chi connectivity index (χ1) is 9.47. The number of ketones is 1. The molecule has 20 heavy (non-hydrogen) atoms. The second kappa shape index (κ2) is 5.83. The summed E-state index contributed by atoms with van der Waals surface area (Å²) in [4.78, 5) is 16.0. The highest BCUT2D eigenvalue weighted by molar-refractivity contribution is 6.06. The van der Waals surface area contributed by atoms with Gasteiger partial charge >= 0.3 is 0 Å². The maximum atomic E-state index is 12.1. The number of nitrogens with zero attached hydrogens (tertiary/aromatic N) is 1. The number of carbonyl (C=O) groups excluding carboxylic acids is 1. The Morgan fingerprint density at radius 1 is 1.00 bits per heavy atom. The molecule has 0 saturated heterocycles. The maximum absolute atomic E-state index is 12.1. The van der Waals surface area contributed by atoms with Gasteiger partial charge in [-0.3, -0.25) is 9.78 Å². The van der Waals surface area contributed by atoms with Gasteiger partial charge < -0.3 is 0 Å². The Labute approximate surface area is 120 Å². The molecule has 1 heterocycles. The maximum Gasteiger partial charge on any atom is 0.185 e. The lowest BCUT2D eigenvalue weighted by atomic mass is 9.86. The summed E-state index contributed by atoms with van der Waals surface area (Å²) in [5.74, 6) is 0.0160. The fourth-order valence-electron chi connectivity index (χ4n) is 1.88. The van der Waals surface area contributed by atoms with E-state index in [1.165, 1.54) is 5.56 Å². The van der Waals surface area contributed by atoms with Crippen molar-refractivity contribution in [2.45, 2.75) is 26.2 Å². The summed E-state index contributed by atoms with van der Waals surface area (Å²) in [6.45, 7) is 6.48.